The van der Waals surface area contributed by atoms with Gasteiger partial charge in [-0.05, 0) is 39.3 Å². The maximum absolute atomic E-state index is 12.0. The molecular formula is C15H21NO. The first kappa shape index (κ1) is 12.3. The molecule has 1 heterocycles. The largest absolute Gasteiger partial charge is 0.300 e. The Bertz CT molecular complexity index is 400. The number of carbonyl (C=O) groups excluding carboxylic acids is 1. The summed E-state index contributed by atoms with van der Waals surface area (Å²) in [5, 5.41) is 0. The van der Waals surface area contributed by atoms with E-state index in [0.717, 1.165) is 24.2 Å². The fraction of sp³-hybridized carbons (Fsp3) is 0.533. The lowest BCUT2D eigenvalue weighted by molar-refractivity contribution is 0.0963. The molecule has 92 valence electrons. The average Bonchev–Trinajstić information content (AvgIpc) is 2.72. The first-order chi connectivity index (χ1) is 8.16. The van der Waals surface area contributed by atoms with Gasteiger partial charge in [-0.25, -0.2) is 0 Å². The molecule has 1 saturated heterocycles. The summed E-state index contributed by atoms with van der Waals surface area (Å²) < 4.78 is 0. The lowest BCUT2D eigenvalue weighted by Gasteiger charge is -2.20. The molecule has 17 heavy (non-hydrogen) atoms. The van der Waals surface area contributed by atoms with Gasteiger partial charge in [-0.15, -0.1) is 0 Å². The van der Waals surface area contributed by atoms with E-state index >= 15 is 0 Å². The number of aryl methyl sites for hydroxylation is 1. The molecule has 0 spiro atoms. The van der Waals surface area contributed by atoms with E-state index in [9.17, 15) is 4.79 Å². The summed E-state index contributed by atoms with van der Waals surface area (Å²) in [6.45, 7) is 6.35. The van der Waals surface area contributed by atoms with Gasteiger partial charge in [0.25, 0.3) is 0 Å². The molecule has 0 radical (unpaired) electrons. The topological polar surface area (TPSA) is 20.3 Å². The zero-order chi connectivity index (χ0) is 12.3. The Balaban J connectivity index is 1.89. The van der Waals surface area contributed by atoms with Crippen LogP contribution in [0.2, 0.25) is 0 Å². The molecule has 1 aliphatic rings. The van der Waals surface area contributed by atoms with E-state index < -0.39 is 0 Å². The highest BCUT2D eigenvalue weighted by Crippen LogP contribution is 2.17. The molecule has 1 atom stereocenters. The van der Waals surface area contributed by atoms with Crippen molar-refractivity contribution in [1.29, 1.82) is 0 Å². The minimum atomic E-state index is 0.271. The summed E-state index contributed by atoms with van der Waals surface area (Å²) in [7, 11) is 0. The summed E-state index contributed by atoms with van der Waals surface area (Å²) in [6.07, 6.45) is 3.20. The summed E-state index contributed by atoms with van der Waals surface area (Å²) in [5.41, 5.74) is 2.02. The Labute approximate surface area is 104 Å². The van der Waals surface area contributed by atoms with Crippen LogP contribution < -0.4 is 0 Å². The van der Waals surface area contributed by atoms with Gasteiger partial charge in [0.1, 0.15) is 0 Å². The molecule has 0 bridgehead atoms. The van der Waals surface area contributed by atoms with Gasteiger partial charge in [-0.3, -0.25) is 4.79 Å². The molecule has 1 fully saturated rings. The van der Waals surface area contributed by atoms with E-state index in [-0.39, 0.29) is 5.78 Å². The van der Waals surface area contributed by atoms with E-state index in [4.69, 9.17) is 0 Å². The molecule has 0 aliphatic carbocycles. The second kappa shape index (κ2) is 5.46. The predicted molar refractivity (Wildman–Crippen MR) is 70.4 cm³/mol. The highest BCUT2D eigenvalue weighted by atomic mass is 16.1. The van der Waals surface area contributed by atoms with Crippen molar-refractivity contribution >= 4 is 5.78 Å². The molecular weight excluding hydrogens is 210 g/mol. The number of nitrogens with zero attached hydrogens (tertiary/aromatic N) is 1. The SMILES string of the molecule is Cc1cccc(C(=O)CCN2CCCC2C)c1. The van der Waals surface area contributed by atoms with Gasteiger partial charge in [0, 0.05) is 24.6 Å². The molecule has 1 aliphatic heterocycles. The second-order valence-corrected chi connectivity index (χ2v) is 5.07. The third-order valence-corrected chi connectivity index (χ3v) is 3.66. The standard InChI is InChI=1S/C15H21NO/c1-12-5-3-7-14(11-12)15(17)8-10-16-9-4-6-13(16)2/h3,5,7,11,13H,4,6,8-10H2,1-2H3. The van der Waals surface area contributed by atoms with Gasteiger partial charge in [-0.2, -0.15) is 0 Å². The molecule has 1 aromatic carbocycles. The minimum Gasteiger partial charge on any atom is -0.300 e. The molecule has 1 aromatic rings. The Morgan fingerprint density at radius 2 is 2.29 bits per heavy atom. The molecule has 1 unspecified atom stereocenters. The molecule has 0 aromatic heterocycles. The van der Waals surface area contributed by atoms with Crippen LogP contribution in [0.25, 0.3) is 0 Å². The van der Waals surface area contributed by atoms with Crippen LogP contribution in [0.3, 0.4) is 0 Å². The zero-order valence-electron chi connectivity index (χ0n) is 10.8. The van der Waals surface area contributed by atoms with Crippen LogP contribution in [0.1, 0.15) is 42.1 Å². The Hall–Kier alpha value is -1.15. The second-order valence-electron chi connectivity index (χ2n) is 5.07. The van der Waals surface area contributed by atoms with Crippen LogP contribution in [-0.2, 0) is 0 Å². The van der Waals surface area contributed by atoms with Crippen molar-refractivity contribution in [2.75, 3.05) is 13.1 Å². The highest BCUT2D eigenvalue weighted by molar-refractivity contribution is 5.96. The van der Waals surface area contributed by atoms with Gasteiger partial charge < -0.3 is 4.90 Å². The highest BCUT2D eigenvalue weighted by Gasteiger charge is 2.20. The van der Waals surface area contributed by atoms with Crippen LogP contribution in [0.5, 0.6) is 0 Å². The monoisotopic (exact) mass is 231 g/mol. The van der Waals surface area contributed by atoms with Gasteiger partial charge in [0.05, 0.1) is 0 Å². The Kier molecular flexibility index (Phi) is 3.95. The molecule has 2 rings (SSSR count). The van der Waals surface area contributed by atoms with E-state index in [1.54, 1.807) is 0 Å². The number of ketones is 1. The van der Waals surface area contributed by atoms with Gasteiger partial charge >= 0.3 is 0 Å². The number of Topliss-reactive ketones (excluding diaryl/α,β-unsaturated/α-hetero) is 1. The number of likely N-dealkylation sites (tertiary alicyclic amines) is 1. The van der Waals surface area contributed by atoms with Crippen molar-refractivity contribution in [3.63, 3.8) is 0 Å². The van der Waals surface area contributed by atoms with Crippen molar-refractivity contribution in [2.24, 2.45) is 0 Å². The van der Waals surface area contributed by atoms with E-state index in [1.807, 2.05) is 31.2 Å². The van der Waals surface area contributed by atoms with Gasteiger partial charge in [-0.1, -0.05) is 23.8 Å². The van der Waals surface area contributed by atoms with Crippen molar-refractivity contribution in [3.05, 3.63) is 35.4 Å². The van der Waals surface area contributed by atoms with E-state index in [0.29, 0.717) is 12.5 Å². The van der Waals surface area contributed by atoms with E-state index in [2.05, 4.69) is 11.8 Å². The first-order valence-electron chi connectivity index (χ1n) is 6.51. The van der Waals surface area contributed by atoms with Crippen LogP contribution >= 0.6 is 0 Å². The van der Waals surface area contributed by atoms with Gasteiger partial charge in [0.15, 0.2) is 5.78 Å². The number of benzene rings is 1. The van der Waals surface area contributed by atoms with Crippen molar-refractivity contribution in [1.82, 2.24) is 4.90 Å². The minimum absolute atomic E-state index is 0.271. The summed E-state index contributed by atoms with van der Waals surface area (Å²) in [6, 6.07) is 8.54. The number of rotatable bonds is 4. The normalized spacial score (nSPS) is 20.7. The zero-order valence-corrected chi connectivity index (χ0v) is 10.8. The molecule has 0 N–H and O–H groups in total. The quantitative estimate of drug-likeness (QED) is 0.742. The van der Waals surface area contributed by atoms with Crippen molar-refractivity contribution < 1.29 is 4.79 Å². The maximum atomic E-state index is 12.0. The smallest absolute Gasteiger partial charge is 0.164 e. The van der Waals surface area contributed by atoms with Crippen LogP contribution in [-0.4, -0.2) is 29.8 Å². The lowest BCUT2D eigenvalue weighted by atomic mass is 10.1. The van der Waals surface area contributed by atoms with Gasteiger partial charge in [0.2, 0.25) is 0 Å². The van der Waals surface area contributed by atoms with Crippen LogP contribution in [0.4, 0.5) is 0 Å². The third-order valence-electron chi connectivity index (χ3n) is 3.66. The fourth-order valence-corrected chi connectivity index (χ4v) is 2.53. The molecule has 0 amide bonds. The first-order valence-corrected chi connectivity index (χ1v) is 6.51. The van der Waals surface area contributed by atoms with E-state index in [1.165, 1.54) is 12.8 Å². The predicted octanol–water partition coefficient (Wildman–Crippen LogP) is 3.05. The number of hydrogen-bond acceptors (Lipinski definition) is 2. The average molecular weight is 231 g/mol. The summed E-state index contributed by atoms with van der Waals surface area (Å²) in [4.78, 5) is 14.5. The fourth-order valence-electron chi connectivity index (χ4n) is 2.53. The third kappa shape index (κ3) is 3.16. The molecule has 0 saturated carbocycles. The number of hydrogen-bond donors (Lipinski definition) is 0. The maximum Gasteiger partial charge on any atom is 0.164 e. The summed E-state index contributed by atoms with van der Waals surface area (Å²) >= 11 is 0. The van der Waals surface area contributed by atoms with Crippen LogP contribution in [0.15, 0.2) is 24.3 Å². The van der Waals surface area contributed by atoms with Crippen molar-refractivity contribution in [2.45, 2.75) is 39.2 Å². The van der Waals surface area contributed by atoms with Crippen molar-refractivity contribution in [3.8, 4) is 0 Å². The Morgan fingerprint density at radius 3 is 2.94 bits per heavy atom. The summed E-state index contributed by atoms with van der Waals surface area (Å²) in [5.74, 6) is 0.271. The molecule has 2 nitrogen and oxygen atoms in total. The lowest BCUT2D eigenvalue weighted by Crippen LogP contribution is -2.29. The van der Waals surface area contributed by atoms with Crippen LogP contribution in [0, 0.1) is 6.92 Å². The molecule has 2 heteroatoms. The number of carbonyl (C=O) groups is 1. The Morgan fingerprint density at radius 1 is 1.47 bits per heavy atom.